The lowest BCUT2D eigenvalue weighted by molar-refractivity contribution is -0.131. The second-order valence-electron chi connectivity index (χ2n) is 6.80. The molecule has 1 amide bonds. The lowest BCUT2D eigenvalue weighted by Crippen LogP contribution is -2.48. The Labute approximate surface area is 160 Å². The van der Waals surface area contributed by atoms with Crippen molar-refractivity contribution in [2.24, 2.45) is 0 Å². The zero-order valence-corrected chi connectivity index (χ0v) is 15.6. The van der Waals surface area contributed by atoms with Crippen molar-refractivity contribution in [1.82, 2.24) is 4.90 Å². The van der Waals surface area contributed by atoms with Crippen LogP contribution in [0.5, 0.6) is 0 Å². The van der Waals surface area contributed by atoms with Crippen LogP contribution in [0.1, 0.15) is 18.4 Å². The quantitative estimate of drug-likeness (QED) is 0.667. The summed E-state index contributed by atoms with van der Waals surface area (Å²) >= 11 is 0. The molecule has 2 aromatic rings. The van der Waals surface area contributed by atoms with Crippen LogP contribution in [0.4, 0.5) is 10.1 Å². The molecule has 2 aromatic carbocycles. The van der Waals surface area contributed by atoms with Crippen LogP contribution in [-0.4, -0.2) is 50.2 Å². The number of hydrogen-bond acceptors (Lipinski definition) is 3. The lowest BCUT2D eigenvalue weighted by atomic mass is 10.2. The highest BCUT2D eigenvalue weighted by atomic mass is 19.1. The molecular formula is C22H27FN2O2. The summed E-state index contributed by atoms with van der Waals surface area (Å²) in [6.07, 6.45) is 2.19. The topological polar surface area (TPSA) is 32.8 Å². The summed E-state index contributed by atoms with van der Waals surface area (Å²) in [5.41, 5.74) is 2.28. The SMILES string of the molecule is O=C(CCCOCCc1ccccc1)N1CCN(c2ccc(F)cc2)CC1. The predicted molar refractivity (Wildman–Crippen MR) is 105 cm³/mol. The first-order chi connectivity index (χ1) is 13.2. The van der Waals surface area contributed by atoms with Crippen LogP contribution in [-0.2, 0) is 16.0 Å². The van der Waals surface area contributed by atoms with Crippen molar-refractivity contribution in [3.05, 3.63) is 66.0 Å². The van der Waals surface area contributed by atoms with Gasteiger partial charge in [0.05, 0.1) is 6.61 Å². The number of hydrogen-bond donors (Lipinski definition) is 0. The van der Waals surface area contributed by atoms with Gasteiger partial charge in [0.15, 0.2) is 0 Å². The number of piperazine rings is 1. The van der Waals surface area contributed by atoms with Gasteiger partial charge in [-0.05, 0) is 42.7 Å². The van der Waals surface area contributed by atoms with Crippen molar-refractivity contribution in [3.63, 3.8) is 0 Å². The van der Waals surface area contributed by atoms with E-state index >= 15 is 0 Å². The Morgan fingerprint density at radius 3 is 2.33 bits per heavy atom. The molecule has 5 heteroatoms. The van der Waals surface area contributed by atoms with Gasteiger partial charge in [-0.1, -0.05) is 30.3 Å². The monoisotopic (exact) mass is 370 g/mol. The molecule has 0 atom stereocenters. The Bertz CT molecular complexity index is 698. The third-order valence-corrected chi connectivity index (χ3v) is 4.88. The molecule has 0 saturated carbocycles. The van der Waals surface area contributed by atoms with Crippen LogP contribution >= 0.6 is 0 Å². The minimum atomic E-state index is -0.224. The van der Waals surface area contributed by atoms with E-state index in [9.17, 15) is 9.18 Å². The van der Waals surface area contributed by atoms with Gasteiger partial charge in [-0.2, -0.15) is 0 Å². The minimum Gasteiger partial charge on any atom is -0.381 e. The molecule has 1 heterocycles. The smallest absolute Gasteiger partial charge is 0.222 e. The van der Waals surface area contributed by atoms with E-state index in [0.29, 0.717) is 32.7 Å². The Hall–Kier alpha value is -2.40. The lowest BCUT2D eigenvalue weighted by Gasteiger charge is -2.36. The average Bonchev–Trinajstić information content (AvgIpc) is 2.72. The number of carbonyl (C=O) groups excluding carboxylic acids is 1. The van der Waals surface area contributed by atoms with Crippen LogP contribution in [0.2, 0.25) is 0 Å². The zero-order valence-electron chi connectivity index (χ0n) is 15.6. The molecule has 3 rings (SSSR count). The van der Waals surface area contributed by atoms with Crippen molar-refractivity contribution < 1.29 is 13.9 Å². The van der Waals surface area contributed by atoms with E-state index in [4.69, 9.17) is 4.74 Å². The molecule has 0 aliphatic carbocycles. The summed E-state index contributed by atoms with van der Waals surface area (Å²) in [5.74, 6) is -0.0287. The van der Waals surface area contributed by atoms with Gasteiger partial charge in [0.25, 0.3) is 0 Å². The van der Waals surface area contributed by atoms with Crippen LogP contribution in [0, 0.1) is 5.82 Å². The molecule has 0 bridgehead atoms. The van der Waals surface area contributed by atoms with Crippen molar-refractivity contribution in [2.45, 2.75) is 19.3 Å². The number of nitrogens with zero attached hydrogens (tertiary/aromatic N) is 2. The second kappa shape index (κ2) is 10.1. The molecule has 0 spiro atoms. The van der Waals surface area contributed by atoms with E-state index in [0.717, 1.165) is 31.6 Å². The summed E-state index contributed by atoms with van der Waals surface area (Å²) < 4.78 is 18.7. The highest BCUT2D eigenvalue weighted by molar-refractivity contribution is 5.76. The van der Waals surface area contributed by atoms with E-state index in [-0.39, 0.29) is 11.7 Å². The fourth-order valence-electron chi connectivity index (χ4n) is 3.29. The van der Waals surface area contributed by atoms with Crippen LogP contribution < -0.4 is 4.90 Å². The minimum absolute atomic E-state index is 0.195. The molecule has 0 radical (unpaired) electrons. The van der Waals surface area contributed by atoms with Gasteiger partial charge in [0, 0.05) is 44.9 Å². The summed E-state index contributed by atoms with van der Waals surface area (Å²) in [5, 5.41) is 0. The molecule has 144 valence electrons. The Balaban J connectivity index is 1.28. The van der Waals surface area contributed by atoms with E-state index < -0.39 is 0 Å². The van der Waals surface area contributed by atoms with Gasteiger partial charge in [0.2, 0.25) is 5.91 Å². The number of amides is 1. The van der Waals surface area contributed by atoms with E-state index in [1.54, 1.807) is 12.1 Å². The Morgan fingerprint density at radius 1 is 0.926 bits per heavy atom. The first kappa shape index (κ1) is 19.4. The van der Waals surface area contributed by atoms with Crippen molar-refractivity contribution in [1.29, 1.82) is 0 Å². The number of benzene rings is 2. The van der Waals surface area contributed by atoms with Gasteiger partial charge >= 0.3 is 0 Å². The molecule has 0 N–H and O–H groups in total. The third-order valence-electron chi connectivity index (χ3n) is 4.88. The molecule has 27 heavy (non-hydrogen) atoms. The standard InChI is InChI=1S/C22H27FN2O2/c23-20-8-10-21(11-9-20)24-13-15-25(16-14-24)22(26)7-4-17-27-18-12-19-5-2-1-3-6-19/h1-3,5-6,8-11H,4,7,12-18H2. The Kier molecular flexibility index (Phi) is 7.22. The van der Waals surface area contributed by atoms with Crippen molar-refractivity contribution in [3.8, 4) is 0 Å². The van der Waals surface area contributed by atoms with Gasteiger partial charge in [0.1, 0.15) is 5.82 Å². The Morgan fingerprint density at radius 2 is 1.63 bits per heavy atom. The second-order valence-corrected chi connectivity index (χ2v) is 6.80. The molecule has 1 aliphatic heterocycles. The highest BCUT2D eigenvalue weighted by Gasteiger charge is 2.20. The molecule has 0 aromatic heterocycles. The number of halogens is 1. The van der Waals surface area contributed by atoms with Gasteiger partial charge < -0.3 is 14.5 Å². The van der Waals surface area contributed by atoms with E-state index in [1.165, 1.54) is 17.7 Å². The van der Waals surface area contributed by atoms with E-state index in [2.05, 4.69) is 17.0 Å². The molecule has 1 fully saturated rings. The number of anilines is 1. The summed E-state index contributed by atoms with van der Waals surface area (Å²) in [6.45, 7) is 4.30. The van der Waals surface area contributed by atoms with Crippen molar-refractivity contribution in [2.75, 3.05) is 44.3 Å². The molecule has 0 unspecified atom stereocenters. The molecular weight excluding hydrogens is 343 g/mol. The number of carbonyl (C=O) groups is 1. The van der Waals surface area contributed by atoms with Crippen LogP contribution in [0.15, 0.2) is 54.6 Å². The third kappa shape index (κ3) is 6.07. The van der Waals surface area contributed by atoms with Gasteiger partial charge in [-0.15, -0.1) is 0 Å². The summed E-state index contributed by atoms with van der Waals surface area (Å²) in [4.78, 5) is 16.5. The molecule has 4 nitrogen and oxygen atoms in total. The summed E-state index contributed by atoms with van der Waals surface area (Å²) in [6, 6.07) is 16.8. The molecule has 1 saturated heterocycles. The number of rotatable bonds is 8. The van der Waals surface area contributed by atoms with Gasteiger partial charge in [-0.3, -0.25) is 4.79 Å². The summed E-state index contributed by atoms with van der Waals surface area (Å²) in [7, 11) is 0. The van der Waals surface area contributed by atoms with Crippen LogP contribution in [0.3, 0.4) is 0 Å². The maximum atomic E-state index is 13.0. The largest absolute Gasteiger partial charge is 0.381 e. The maximum absolute atomic E-state index is 13.0. The van der Waals surface area contributed by atoms with Crippen molar-refractivity contribution >= 4 is 11.6 Å². The number of ether oxygens (including phenoxy) is 1. The fraction of sp³-hybridized carbons (Fsp3) is 0.409. The first-order valence-electron chi connectivity index (χ1n) is 9.62. The molecule has 1 aliphatic rings. The maximum Gasteiger partial charge on any atom is 0.222 e. The van der Waals surface area contributed by atoms with Crippen LogP contribution in [0.25, 0.3) is 0 Å². The predicted octanol–water partition coefficient (Wildman–Crippen LogP) is 3.51. The fourth-order valence-corrected chi connectivity index (χ4v) is 3.29. The zero-order chi connectivity index (χ0) is 18.9. The average molecular weight is 370 g/mol. The normalized spacial score (nSPS) is 14.4. The van der Waals surface area contributed by atoms with Gasteiger partial charge in [-0.25, -0.2) is 4.39 Å². The van der Waals surface area contributed by atoms with E-state index in [1.807, 2.05) is 23.1 Å². The first-order valence-corrected chi connectivity index (χ1v) is 9.62. The highest BCUT2D eigenvalue weighted by Crippen LogP contribution is 2.17.